The second kappa shape index (κ2) is 13.3. The third-order valence-electron chi connectivity index (χ3n) is 10.1. The van der Waals surface area contributed by atoms with E-state index in [1.54, 1.807) is 0 Å². The molecular weight excluding hydrogens is 623 g/mol. The lowest BCUT2D eigenvalue weighted by Gasteiger charge is -2.33. The highest BCUT2D eigenvalue weighted by atomic mass is 32.1. The Bertz CT molecular complexity index is 2280. The summed E-state index contributed by atoms with van der Waals surface area (Å²) in [5.41, 5.74) is 13.9. The predicted octanol–water partition coefficient (Wildman–Crippen LogP) is 13.4. The molecule has 0 fully saturated rings. The molecule has 2 heteroatoms. The molecule has 1 unspecified atom stereocenters. The molecule has 0 spiro atoms. The van der Waals surface area contributed by atoms with Crippen LogP contribution in [0.15, 0.2) is 176 Å². The lowest BCUT2D eigenvalue weighted by atomic mass is 9.88. The van der Waals surface area contributed by atoms with Crippen molar-refractivity contribution < 1.29 is 0 Å². The van der Waals surface area contributed by atoms with Gasteiger partial charge in [0.15, 0.2) is 0 Å². The zero-order valence-corrected chi connectivity index (χ0v) is 28.7. The molecule has 6 aromatic carbocycles. The summed E-state index contributed by atoms with van der Waals surface area (Å²) in [5.74, 6) is 0. The summed E-state index contributed by atoms with van der Waals surface area (Å²) in [6.45, 7) is 0. The Balaban J connectivity index is 1.09. The van der Waals surface area contributed by atoms with Crippen LogP contribution in [0, 0.1) is 0 Å². The van der Waals surface area contributed by atoms with E-state index in [0.717, 1.165) is 19.3 Å². The Hall–Kier alpha value is -5.70. The van der Waals surface area contributed by atoms with Crippen LogP contribution in [0.5, 0.6) is 0 Å². The molecule has 0 saturated heterocycles. The van der Waals surface area contributed by atoms with Gasteiger partial charge in [0.25, 0.3) is 0 Å². The van der Waals surface area contributed by atoms with Crippen molar-refractivity contribution in [2.24, 2.45) is 0 Å². The van der Waals surface area contributed by atoms with Gasteiger partial charge < -0.3 is 4.90 Å². The molecule has 0 N–H and O–H groups in total. The number of hydrogen-bond donors (Lipinski definition) is 0. The lowest BCUT2D eigenvalue weighted by Crippen LogP contribution is -2.30. The van der Waals surface area contributed by atoms with Crippen molar-refractivity contribution in [2.45, 2.75) is 25.3 Å². The fourth-order valence-electron chi connectivity index (χ4n) is 7.51. The van der Waals surface area contributed by atoms with Crippen LogP contribution in [0.3, 0.4) is 0 Å². The summed E-state index contributed by atoms with van der Waals surface area (Å²) in [6, 6.07) is 55.3. The molecule has 0 bridgehead atoms. The first-order chi connectivity index (χ1) is 24.8. The van der Waals surface area contributed by atoms with Crippen LogP contribution < -0.4 is 4.90 Å². The maximum atomic E-state index is 2.49. The van der Waals surface area contributed by atoms with Gasteiger partial charge in [0.2, 0.25) is 0 Å². The summed E-state index contributed by atoms with van der Waals surface area (Å²) >= 11 is 1.97. The lowest BCUT2D eigenvalue weighted by molar-refractivity contribution is 0.787. The van der Waals surface area contributed by atoms with Crippen LogP contribution in [0.1, 0.15) is 28.8 Å². The van der Waals surface area contributed by atoms with Crippen LogP contribution in [0.25, 0.3) is 55.1 Å². The highest BCUT2D eigenvalue weighted by molar-refractivity contribution is 7.19. The summed E-state index contributed by atoms with van der Waals surface area (Å²) in [4.78, 5) is 4.01. The normalized spacial score (nSPS) is 15.1. The maximum absolute atomic E-state index is 2.49. The standard InChI is InChI=1S/C48H37NS/c1-4-12-34(13-5-1)36-20-26-40(27-21-36)49(41-28-22-37(23-29-41)35-14-6-2-7-15-35)42-30-24-39(25-31-42)45-33-48-46(43-18-10-11-19-47(43)50-48)32-44(45)38-16-8-3-9-17-38/h1-10,12-18,20-30,32-33,42H,11,19,31H2. The van der Waals surface area contributed by atoms with Gasteiger partial charge in [0, 0.05) is 26.3 Å². The number of hydrogen-bond acceptors (Lipinski definition) is 2. The summed E-state index contributed by atoms with van der Waals surface area (Å²) in [6.07, 6.45) is 15.1. The van der Waals surface area contributed by atoms with Crippen molar-refractivity contribution in [3.63, 3.8) is 0 Å². The van der Waals surface area contributed by atoms with E-state index >= 15 is 0 Å². The topological polar surface area (TPSA) is 3.24 Å². The molecular formula is C48H37NS. The number of benzene rings is 6. The second-order valence-electron chi connectivity index (χ2n) is 13.2. The van der Waals surface area contributed by atoms with Gasteiger partial charge in [-0.2, -0.15) is 0 Å². The minimum atomic E-state index is 0.173. The van der Waals surface area contributed by atoms with Gasteiger partial charge in [0.1, 0.15) is 0 Å². The van der Waals surface area contributed by atoms with Crippen LogP contribution >= 0.6 is 11.3 Å². The van der Waals surface area contributed by atoms with Gasteiger partial charge >= 0.3 is 0 Å². The summed E-state index contributed by atoms with van der Waals surface area (Å²) < 4.78 is 1.38. The van der Waals surface area contributed by atoms with Crippen LogP contribution in [0.2, 0.25) is 0 Å². The van der Waals surface area contributed by atoms with E-state index in [4.69, 9.17) is 0 Å². The first kappa shape index (κ1) is 30.4. The number of allylic oxidation sites excluding steroid dienone is 3. The highest BCUT2D eigenvalue weighted by Crippen LogP contribution is 2.43. The Kier molecular flexibility index (Phi) is 8.08. The molecule has 1 nitrogen and oxygen atoms in total. The predicted molar refractivity (Wildman–Crippen MR) is 216 cm³/mol. The average Bonchev–Trinajstić information content (AvgIpc) is 3.57. The monoisotopic (exact) mass is 659 g/mol. The van der Waals surface area contributed by atoms with Crippen molar-refractivity contribution in [3.05, 3.63) is 192 Å². The van der Waals surface area contributed by atoms with Crippen molar-refractivity contribution >= 4 is 44.4 Å². The smallest absolute Gasteiger partial charge is 0.0560 e. The SMILES string of the molecule is C1=Cc2c(sc3cc(C4=CCC(N(c5ccc(-c6ccccc6)cc5)c5ccc(-c6ccccc6)cc5)C=C4)c(-c4ccccc4)cc23)CC1. The van der Waals surface area contributed by atoms with Crippen molar-refractivity contribution in [1.29, 1.82) is 0 Å². The zero-order valence-electron chi connectivity index (χ0n) is 27.9. The molecule has 240 valence electrons. The highest BCUT2D eigenvalue weighted by Gasteiger charge is 2.23. The van der Waals surface area contributed by atoms with Crippen molar-refractivity contribution in [2.75, 3.05) is 4.90 Å². The van der Waals surface area contributed by atoms with E-state index < -0.39 is 0 Å². The van der Waals surface area contributed by atoms with E-state index in [0.29, 0.717) is 0 Å². The molecule has 0 amide bonds. The third-order valence-corrected chi connectivity index (χ3v) is 11.3. The molecule has 50 heavy (non-hydrogen) atoms. The minimum Gasteiger partial charge on any atom is -0.334 e. The largest absolute Gasteiger partial charge is 0.334 e. The fraction of sp³-hybridized carbons (Fsp3) is 0.0833. The number of rotatable bonds is 7. The van der Waals surface area contributed by atoms with E-state index in [-0.39, 0.29) is 6.04 Å². The van der Waals surface area contributed by atoms with E-state index in [1.165, 1.54) is 76.4 Å². The van der Waals surface area contributed by atoms with Gasteiger partial charge in [0.05, 0.1) is 6.04 Å². The molecule has 9 rings (SSSR count). The quantitative estimate of drug-likeness (QED) is 0.165. The van der Waals surface area contributed by atoms with Crippen LogP contribution in [-0.2, 0) is 6.42 Å². The van der Waals surface area contributed by atoms with E-state index in [9.17, 15) is 0 Å². The van der Waals surface area contributed by atoms with Gasteiger partial charge in [-0.05, 0) is 106 Å². The molecule has 2 aliphatic carbocycles. The molecule has 1 atom stereocenters. The molecule has 0 saturated carbocycles. The number of anilines is 2. The van der Waals surface area contributed by atoms with Crippen molar-refractivity contribution in [1.82, 2.24) is 0 Å². The number of fused-ring (bicyclic) bond motifs is 3. The van der Waals surface area contributed by atoms with Gasteiger partial charge in [-0.15, -0.1) is 11.3 Å². The Morgan fingerprint density at radius 2 is 1.10 bits per heavy atom. The third kappa shape index (κ3) is 5.82. The number of aryl methyl sites for hydroxylation is 1. The molecule has 0 aliphatic heterocycles. The van der Waals surface area contributed by atoms with Gasteiger partial charge in [-0.25, -0.2) is 0 Å². The first-order valence-electron chi connectivity index (χ1n) is 17.6. The van der Waals surface area contributed by atoms with Crippen LogP contribution in [-0.4, -0.2) is 6.04 Å². The van der Waals surface area contributed by atoms with Gasteiger partial charge in [-0.3, -0.25) is 0 Å². The molecule has 0 radical (unpaired) electrons. The van der Waals surface area contributed by atoms with E-state index in [2.05, 4.69) is 187 Å². The van der Waals surface area contributed by atoms with Crippen molar-refractivity contribution in [3.8, 4) is 33.4 Å². The molecule has 2 aliphatic rings. The van der Waals surface area contributed by atoms with Crippen LogP contribution in [0.4, 0.5) is 11.4 Å². The molecule has 1 heterocycles. The maximum Gasteiger partial charge on any atom is 0.0560 e. The Morgan fingerprint density at radius 3 is 1.66 bits per heavy atom. The molecule has 7 aromatic rings. The first-order valence-corrected chi connectivity index (χ1v) is 18.4. The average molecular weight is 660 g/mol. The van der Waals surface area contributed by atoms with E-state index in [1.807, 2.05) is 11.3 Å². The fourth-order valence-corrected chi connectivity index (χ4v) is 8.74. The summed E-state index contributed by atoms with van der Waals surface area (Å²) in [7, 11) is 0. The summed E-state index contributed by atoms with van der Waals surface area (Å²) in [5, 5.41) is 1.38. The number of thiophene rings is 1. The molecule has 1 aromatic heterocycles. The van der Waals surface area contributed by atoms with Gasteiger partial charge in [-0.1, -0.05) is 146 Å². The second-order valence-corrected chi connectivity index (χ2v) is 14.3. The zero-order chi connectivity index (χ0) is 33.3. The number of nitrogens with zero attached hydrogens (tertiary/aromatic N) is 1. The Morgan fingerprint density at radius 1 is 0.540 bits per heavy atom. The minimum absolute atomic E-state index is 0.173. The Labute approximate surface area is 298 Å².